The lowest BCUT2D eigenvalue weighted by Gasteiger charge is -2.61. The molecular formula is C46H62N2O12. The molecule has 6 unspecified atom stereocenters. The number of carbonyl (C=O) groups excluding carboxylic acids is 8. The third-order valence-electron chi connectivity index (χ3n) is 18.2. The van der Waals surface area contributed by atoms with Crippen molar-refractivity contribution in [3.05, 3.63) is 12.2 Å². The molecule has 14 heteroatoms. The summed E-state index contributed by atoms with van der Waals surface area (Å²) in [5, 5.41) is 0. The fourth-order valence-corrected chi connectivity index (χ4v) is 15.1. The van der Waals surface area contributed by atoms with E-state index in [9.17, 15) is 38.4 Å². The quantitative estimate of drug-likeness (QED) is 0.201. The van der Waals surface area contributed by atoms with Crippen LogP contribution in [0.1, 0.15) is 118 Å². The van der Waals surface area contributed by atoms with Crippen LogP contribution in [0, 0.1) is 69.0 Å². The molecule has 4 N–H and O–H groups in total. The van der Waals surface area contributed by atoms with Crippen LogP contribution in [0.2, 0.25) is 0 Å². The minimum atomic E-state index is -0.848. The van der Waals surface area contributed by atoms with Gasteiger partial charge in [0.15, 0.2) is 0 Å². The van der Waals surface area contributed by atoms with Crippen LogP contribution >= 0.6 is 0 Å². The Bertz CT molecular complexity index is 1760. The van der Waals surface area contributed by atoms with Crippen LogP contribution in [0.4, 0.5) is 0 Å². The fourth-order valence-electron chi connectivity index (χ4n) is 15.1. The zero-order valence-electron chi connectivity index (χ0n) is 35.5. The molecule has 8 aliphatic carbocycles. The summed E-state index contributed by atoms with van der Waals surface area (Å²) >= 11 is 0. The van der Waals surface area contributed by atoms with Crippen LogP contribution in [0.3, 0.4) is 0 Å². The van der Waals surface area contributed by atoms with Gasteiger partial charge in [-0.3, -0.25) is 28.8 Å². The monoisotopic (exact) mass is 834 g/mol. The third-order valence-corrected chi connectivity index (χ3v) is 18.2. The molecule has 0 aliphatic heterocycles. The number of fused-ring (bicyclic) bond motifs is 10. The van der Waals surface area contributed by atoms with Crippen molar-refractivity contribution in [2.24, 2.45) is 80.5 Å². The molecule has 8 saturated carbocycles. The van der Waals surface area contributed by atoms with E-state index >= 15 is 0 Å². The maximum Gasteiger partial charge on any atom is 0.331 e. The summed E-state index contributed by atoms with van der Waals surface area (Å²) in [5.74, 6) is -3.55. The molecule has 8 rings (SSSR count). The Morgan fingerprint density at radius 1 is 0.567 bits per heavy atom. The number of hydrogen-bond acceptors (Lipinski definition) is 14. The molecule has 0 radical (unpaired) electrons. The van der Waals surface area contributed by atoms with Crippen LogP contribution in [0.25, 0.3) is 0 Å². The molecule has 0 aromatic carbocycles. The first-order valence-electron chi connectivity index (χ1n) is 22.4. The summed E-state index contributed by atoms with van der Waals surface area (Å²) in [6.07, 6.45) is 5.58. The van der Waals surface area contributed by atoms with Gasteiger partial charge in [-0.05, 0) is 86.9 Å². The van der Waals surface area contributed by atoms with E-state index in [0.717, 1.165) is 25.0 Å². The first kappa shape index (κ1) is 42.9. The number of nitrogens with two attached hydrogens (primary N) is 2. The fraction of sp³-hybridized carbons (Fsp3) is 0.783. The topological polar surface area (TPSA) is 226 Å². The molecule has 14 nitrogen and oxygen atoms in total. The second-order valence-electron chi connectivity index (χ2n) is 20.5. The standard InChI is InChI=1S/C46H62N2O12/c1-43-13-11-29-25(27(43)5-7-35(43)51)19-33(49)31-15-23(57-41(55)21-47)17-37(45(29,31)3)59-39(53)9-10-40(54)60-38-18-24(58-42(56)22-48)16-32-34(50)20-26-28-6-8-36(52)44(28,2)14-12-30(26)46(32,38)4/h9-10,23-32,37-38H,5-8,11-22,47-48H2,1-4H3/b10-9+/t23?,24?,25-,26-,27-,28-,29+,30+,31?,32?,37?,38?,43-,44-,45+,46+/m0/s1. The summed E-state index contributed by atoms with van der Waals surface area (Å²) in [5.41, 5.74) is 8.56. The Balaban J connectivity index is 1.03. The molecular weight excluding hydrogens is 773 g/mol. The average Bonchev–Trinajstić information content (AvgIpc) is 3.69. The molecule has 0 heterocycles. The lowest BCUT2D eigenvalue weighted by atomic mass is 9.44. The second-order valence-corrected chi connectivity index (χ2v) is 20.5. The molecule has 8 aliphatic rings. The number of carbonyl (C=O) groups is 8. The normalized spacial score (nSPS) is 45.6. The lowest BCUT2D eigenvalue weighted by Crippen LogP contribution is -2.63. The smallest absolute Gasteiger partial charge is 0.331 e. The van der Waals surface area contributed by atoms with Crippen molar-refractivity contribution in [1.29, 1.82) is 0 Å². The summed E-state index contributed by atoms with van der Waals surface area (Å²) in [6, 6.07) is 0. The van der Waals surface area contributed by atoms with Crippen molar-refractivity contribution in [2.75, 3.05) is 13.1 Å². The minimum Gasteiger partial charge on any atom is -0.461 e. The maximum atomic E-state index is 14.1. The van der Waals surface area contributed by atoms with E-state index in [2.05, 4.69) is 0 Å². The molecule has 0 aromatic rings. The van der Waals surface area contributed by atoms with Gasteiger partial charge < -0.3 is 30.4 Å². The number of hydrogen-bond donors (Lipinski definition) is 2. The molecule has 0 saturated heterocycles. The SMILES string of the molecule is C[C@]12C(OC(=O)/C=C/C(=O)OC3CC(OC(=O)CN)CC4C(=O)C[C@@H]5[C@@H](CC[C@]6(C)C(=O)CC[C@@H]56)[C@@]34C)CC(OC(=O)CN)CC1C(=O)C[C@@H]1[C@H]2CC[C@]2(C)C(=O)CC[C@@H]12. The lowest BCUT2D eigenvalue weighted by molar-refractivity contribution is -0.204. The number of Topliss-reactive ketones (excluding diaryl/α,β-unsaturated/α-hetero) is 4. The van der Waals surface area contributed by atoms with Gasteiger partial charge in [-0.2, -0.15) is 0 Å². The zero-order chi connectivity index (χ0) is 43.1. The Morgan fingerprint density at radius 3 is 1.32 bits per heavy atom. The van der Waals surface area contributed by atoms with Gasteiger partial charge in [0, 0.05) is 84.2 Å². The van der Waals surface area contributed by atoms with Crippen LogP contribution in [-0.2, 0) is 57.3 Å². The van der Waals surface area contributed by atoms with Crippen LogP contribution in [0.15, 0.2) is 12.2 Å². The number of ketones is 4. The van der Waals surface area contributed by atoms with Crippen molar-refractivity contribution in [3.63, 3.8) is 0 Å². The predicted molar refractivity (Wildman–Crippen MR) is 212 cm³/mol. The Kier molecular flexibility index (Phi) is 11.1. The van der Waals surface area contributed by atoms with Gasteiger partial charge in [0.05, 0.1) is 13.1 Å². The Morgan fingerprint density at radius 2 is 0.950 bits per heavy atom. The van der Waals surface area contributed by atoms with Crippen molar-refractivity contribution in [1.82, 2.24) is 0 Å². The number of rotatable bonds is 8. The van der Waals surface area contributed by atoms with Crippen LogP contribution in [0.5, 0.6) is 0 Å². The van der Waals surface area contributed by atoms with Gasteiger partial charge in [0.1, 0.15) is 47.5 Å². The summed E-state index contributed by atoms with van der Waals surface area (Å²) < 4.78 is 23.7. The number of esters is 4. The second kappa shape index (κ2) is 15.5. The molecule has 328 valence electrons. The van der Waals surface area contributed by atoms with Crippen molar-refractivity contribution >= 4 is 47.0 Å². The molecule has 60 heavy (non-hydrogen) atoms. The molecule has 0 spiro atoms. The highest BCUT2D eigenvalue weighted by molar-refractivity contribution is 5.92. The summed E-state index contributed by atoms with van der Waals surface area (Å²) in [6.45, 7) is 7.36. The molecule has 0 amide bonds. The van der Waals surface area contributed by atoms with E-state index in [0.29, 0.717) is 51.4 Å². The van der Waals surface area contributed by atoms with Gasteiger partial charge in [-0.25, -0.2) is 9.59 Å². The summed E-state index contributed by atoms with van der Waals surface area (Å²) in [4.78, 5) is 107. The highest BCUT2D eigenvalue weighted by Gasteiger charge is 2.67. The van der Waals surface area contributed by atoms with Crippen molar-refractivity contribution in [3.8, 4) is 0 Å². The number of ether oxygens (including phenoxy) is 4. The molecule has 0 bridgehead atoms. The Hall–Kier alpha value is -3.78. The van der Waals surface area contributed by atoms with Crippen LogP contribution in [-0.4, -0.2) is 84.5 Å². The van der Waals surface area contributed by atoms with Gasteiger partial charge in [0.25, 0.3) is 0 Å². The average molecular weight is 835 g/mol. The highest BCUT2D eigenvalue weighted by Crippen LogP contribution is 2.67. The molecule has 8 fully saturated rings. The zero-order valence-corrected chi connectivity index (χ0v) is 35.5. The molecule has 0 aromatic heterocycles. The van der Waals surface area contributed by atoms with Crippen LogP contribution < -0.4 is 11.5 Å². The first-order valence-corrected chi connectivity index (χ1v) is 22.4. The Labute approximate surface area is 351 Å². The van der Waals surface area contributed by atoms with E-state index < -0.39 is 81.8 Å². The van der Waals surface area contributed by atoms with Gasteiger partial charge in [-0.15, -0.1) is 0 Å². The van der Waals surface area contributed by atoms with E-state index in [1.54, 1.807) is 0 Å². The van der Waals surface area contributed by atoms with E-state index in [4.69, 9.17) is 30.4 Å². The van der Waals surface area contributed by atoms with Gasteiger partial charge in [-0.1, -0.05) is 27.7 Å². The van der Waals surface area contributed by atoms with E-state index in [1.165, 1.54) is 0 Å². The van der Waals surface area contributed by atoms with Crippen molar-refractivity contribution in [2.45, 2.75) is 142 Å². The van der Waals surface area contributed by atoms with Gasteiger partial charge in [0.2, 0.25) is 0 Å². The van der Waals surface area contributed by atoms with Crippen molar-refractivity contribution < 1.29 is 57.3 Å². The van der Waals surface area contributed by atoms with E-state index in [1.807, 2.05) is 27.7 Å². The maximum absolute atomic E-state index is 14.1. The van der Waals surface area contributed by atoms with E-state index in [-0.39, 0.29) is 97.4 Å². The first-order chi connectivity index (χ1) is 28.4. The minimum absolute atomic E-state index is 0.0105. The molecule has 16 atom stereocenters. The highest BCUT2D eigenvalue weighted by atomic mass is 16.6. The van der Waals surface area contributed by atoms with Gasteiger partial charge >= 0.3 is 23.9 Å². The third kappa shape index (κ3) is 6.72. The summed E-state index contributed by atoms with van der Waals surface area (Å²) in [7, 11) is 0. The predicted octanol–water partition coefficient (Wildman–Crippen LogP) is 3.91. The largest absolute Gasteiger partial charge is 0.461 e.